The van der Waals surface area contributed by atoms with E-state index < -0.39 is 0 Å². The first-order chi connectivity index (χ1) is 12.0. The van der Waals surface area contributed by atoms with Crippen LogP contribution < -0.4 is 10.2 Å². The number of aryl methyl sites for hydroxylation is 1. The maximum Gasteiger partial charge on any atom is 0.270 e. The fourth-order valence-corrected chi connectivity index (χ4v) is 3.18. The Balaban J connectivity index is 1.71. The molecule has 3 rings (SSSR count). The molecule has 0 bridgehead atoms. The summed E-state index contributed by atoms with van der Waals surface area (Å²) in [4.78, 5) is 23.5. The van der Waals surface area contributed by atoms with Crippen molar-refractivity contribution in [2.75, 3.05) is 18.0 Å². The van der Waals surface area contributed by atoms with Crippen molar-refractivity contribution in [2.24, 2.45) is 5.92 Å². The number of hydrogen-bond acceptors (Lipinski definition) is 4. The molecule has 0 atom stereocenters. The molecular weight excluding hydrogens is 336 g/mol. The molecule has 2 aromatic rings. The number of rotatable bonds is 4. The van der Waals surface area contributed by atoms with E-state index in [0.717, 1.165) is 43.2 Å². The first-order valence-electron chi connectivity index (χ1n) is 8.65. The van der Waals surface area contributed by atoms with Crippen LogP contribution in [0, 0.1) is 12.8 Å². The monoisotopic (exact) mass is 358 g/mol. The van der Waals surface area contributed by atoms with Crippen LogP contribution in [0.2, 0.25) is 5.02 Å². The van der Waals surface area contributed by atoms with Crippen molar-refractivity contribution in [1.29, 1.82) is 0 Å². The Morgan fingerprint density at radius 1 is 1.28 bits per heavy atom. The van der Waals surface area contributed by atoms with E-state index in [4.69, 9.17) is 11.6 Å². The number of anilines is 1. The van der Waals surface area contributed by atoms with Crippen molar-refractivity contribution in [3.8, 4) is 0 Å². The molecule has 1 fully saturated rings. The van der Waals surface area contributed by atoms with Gasteiger partial charge in [0.25, 0.3) is 5.91 Å². The number of benzene rings is 1. The molecule has 2 heterocycles. The molecule has 1 aliphatic rings. The molecule has 5 nitrogen and oxygen atoms in total. The Bertz CT molecular complexity index is 757. The first kappa shape index (κ1) is 17.7. The highest BCUT2D eigenvalue weighted by Gasteiger charge is 2.19. The molecule has 0 saturated carbocycles. The number of carbonyl (C=O) groups excluding carboxylic acids is 1. The highest BCUT2D eigenvalue weighted by atomic mass is 35.5. The van der Waals surface area contributed by atoms with E-state index in [2.05, 4.69) is 27.1 Å². The van der Waals surface area contributed by atoms with Crippen LogP contribution in [-0.2, 0) is 6.54 Å². The zero-order valence-corrected chi connectivity index (χ0v) is 15.4. The maximum atomic E-state index is 12.5. The summed E-state index contributed by atoms with van der Waals surface area (Å²) in [6, 6.07) is 9.26. The third-order valence-electron chi connectivity index (χ3n) is 4.56. The Morgan fingerprint density at radius 2 is 2.00 bits per heavy atom. The molecule has 1 aromatic heterocycles. The maximum absolute atomic E-state index is 12.5. The van der Waals surface area contributed by atoms with E-state index in [0.29, 0.717) is 23.1 Å². The summed E-state index contributed by atoms with van der Waals surface area (Å²) in [7, 11) is 0. The molecule has 25 heavy (non-hydrogen) atoms. The molecule has 1 amide bonds. The summed E-state index contributed by atoms with van der Waals surface area (Å²) in [5.41, 5.74) is 1.28. The van der Waals surface area contributed by atoms with Crippen LogP contribution in [0.5, 0.6) is 0 Å². The average Bonchev–Trinajstić information content (AvgIpc) is 2.61. The van der Waals surface area contributed by atoms with Crippen LogP contribution in [0.1, 0.15) is 41.6 Å². The zero-order valence-electron chi connectivity index (χ0n) is 14.6. The van der Waals surface area contributed by atoms with Gasteiger partial charge in [-0.2, -0.15) is 0 Å². The third-order valence-corrected chi connectivity index (χ3v) is 4.93. The van der Waals surface area contributed by atoms with Crippen molar-refractivity contribution in [3.05, 3.63) is 52.4 Å². The van der Waals surface area contributed by atoms with E-state index >= 15 is 0 Å². The predicted molar refractivity (Wildman–Crippen MR) is 100 cm³/mol. The van der Waals surface area contributed by atoms with Crippen molar-refractivity contribution < 1.29 is 4.79 Å². The number of aromatic nitrogens is 2. The normalized spacial score (nSPS) is 15.2. The molecule has 1 aromatic carbocycles. The topological polar surface area (TPSA) is 58.1 Å². The second-order valence-electron chi connectivity index (χ2n) is 6.60. The second kappa shape index (κ2) is 7.83. The van der Waals surface area contributed by atoms with Gasteiger partial charge >= 0.3 is 0 Å². The molecular formula is C19H23ClN4O. The van der Waals surface area contributed by atoms with Crippen molar-refractivity contribution >= 4 is 23.3 Å². The van der Waals surface area contributed by atoms with E-state index in [1.807, 2.05) is 31.2 Å². The number of piperidine rings is 1. The van der Waals surface area contributed by atoms with Crippen LogP contribution in [0.25, 0.3) is 0 Å². The lowest BCUT2D eigenvalue weighted by Crippen LogP contribution is -2.34. The van der Waals surface area contributed by atoms with E-state index in [-0.39, 0.29) is 5.91 Å². The minimum Gasteiger partial charge on any atom is -0.356 e. The fraction of sp³-hybridized carbons (Fsp3) is 0.421. The second-order valence-corrected chi connectivity index (χ2v) is 7.01. The Kier molecular flexibility index (Phi) is 5.53. The van der Waals surface area contributed by atoms with Gasteiger partial charge in [-0.25, -0.2) is 9.97 Å². The quantitative estimate of drug-likeness (QED) is 0.907. The molecule has 6 heteroatoms. The summed E-state index contributed by atoms with van der Waals surface area (Å²) >= 11 is 6.13. The van der Waals surface area contributed by atoms with Crippen molar-refractivity contribution in [1.82, 2.24) is 15.3 Å². The van der Waals surface area contributed by atoms with E-state index in [9.17, 15) is 4.79 Å². The van der Waals surface area contributed by atoms with Crippen LogP contribution in [0.15, 0.2) is 30.3 Å². The first-order valence-corrected chi connectivity index (χ1v) is 9.03. The molecule has 0 unspecified atom stereocenters. The van der Waals surface area contributed by atoms with Gasteiger partial charge in [-0.15, -0.1) is 0 Å². The number of amides is 1. The minimum absolute atomic E-state index is 0.211. The Hall–Kier alpha value is -2.14. The Morgan fingerprint density at radius 3 is 2.72 bits per heavy atom. The lowest BCUT2D eigenvalue weighted by molar-refractivity contribution is 0.0945. The summed E-state index contributed by atoms with van der Waals surface area (Å²) in [6.45, 7) is 6.41. The van der Waals surface area contributed by atoms with Gasteiger partial charge in [0, 0.05) is 30.7 Å². The summed E-state index contributed by atoms with van der Waals surface area (Å²) in [5.74, 6) is 1.98. The van der Waals surface area contributed by atoms with Gasteiger partial charge in [0.05, 0.1) is 0 Å². The van der Waals surface area contributed by atoms with Gasteiger partial charge in [0.1, 0.15) is 17.3 Å². The molecule has 0 spiro atoms. The molecule has 1 saturated heterocycles. The summed E-state index contributed by atoms with van der Waals surface area (Å²) < 4.78 is 0. The Labute approximate surface area is 153 Å². The molecule has 1 N–H and O–H groups in total. The van der Waals surface area contributed by atoms with Crippen LogP contribution >= 0.6 is 11.6 Å². The van der Waals surface area contributed by atoms with Gasteiger partial charge < -0.3 is 10.2 Å². The lowest BCUT2D eigenvalue weighted by atomic mass is 9.99. The number of halogens is 1. The molecule has 0 radical (unpaired) electrons. The van der Waals surface area contributed by atoms with Gasteiger partial charge in [-0.3, -0.25) is 4.79 Å². The largest absolute Gasteiger partial charge is 0.356 e. The minimum atomic E-state index is -0.211. The predicted octanol–water partition coefficient (Wildman–Crippen LogP) is 3.60. The fourth-order valence-electron chi connectivity index (χ4n) is 2.98. The van der Waals surface area contributed by atoms with E-state index in [1.54, 1.807) is 6.07 Å². The molecule has 1 aliphatic heterocycles. The van der Waals surface area contributed by atoms with Crippen molar-refractivity contribution in [2.45, 2.75) is 33.2 Å². The number of nitrogens with zero attached hydrogens (tertiary/aromatic N) is 3. The SMILES string of the molecule is Cc1nc(C(=O)NCc2ccccc2Cl)cc(N2CCC(C)CC2)n1. The number of hydrogen-bond donors (Lipinski definition) is 1. The van der Waals surface area contributed by atoms with Crippen LogP contribution in [-0.4, -0.2) is 29.0 Å². The summed E-state index contributed by atoms with van der Waals surface area (Å²) in [6.07, 6.45) is 2.30. The van der Waals surface area contributed by atoms with Crippen molar-refractivity contribution in [3.63, 3.8) is 0 Å². The molecule has 0 aliphatic carbocycles. The van der Waals surface area contributed by atoms with Gasteiger partial charge in [-0.1, -0.05) is 36.7 Å². The van der Waals surface area contributed by atoms with Gasteiger partial charge in [-0.05, 0) is 37.3 Å². The van der Waals surface area contributed by atoms with Crippen LogP contribution in [0.4, 0.5) is 5.82 Å². The highest BCUT2D eigenvalue weighted by molar-refractivity contribution is 6.31. The average molecular weight is 359 g/mol. The molecule has 132 valence electrons. The third kappa shape index (κ3) is 4.48. The summed E-state index contributed by atoms with van der Waals surface area (Å²) in [5, 5.41) is 3.53. The van der Waals surface area contributed by atoms with Crippen LogP contribution in [0.3, 0.4) is 0 Å². The highest BCUT2D eigenvalue weighted by Crippen LogP contribution is 2.22. The smallest absolute Gasteiger partial charge is 0.270 e. The zero-order chi connectivity index (χ0) is 17.8. The van der Waals surface area contributed by atoms with Gasteiger partial charge in [0.15, 0.2) is 0 Å². The van der Waals surface area contributed by atoms with Gasteiger partial charge in [0.2, 0.25) is 0 Å². The number of carbonyl (C=O) groups is 1. The number of nitrogens with one attached hydrogen (secondary N) is 1. The standard InChI is InChI=1S/C19H23ClN4O/c1-13-7-9-24(10-8-13)18-11-17(22-14(2)23-18)19(25)21-12-15-5-3-4-6-16(15)20/h3-6,11,13H,7-10,12H2,1-2H3,(H,21,25). The van der Waals surface area contributed by atoms with E-state index in [1.165, 1.54) is 0 Å². The lowest BCUT2D eigenvalue weighted by Gasteiger charge is -2.31.